The largest absolute Gasteiger partial charge is 0.467 e. The van der Waals surface area contributed by atoms with Gasteiger partial charge in [0.25, 0.3) is 0 Å². The molecule has 1 aromatic rings. The predicted octanol–water partition coefficient (Wildman–Crippen LogP) is 2.28. The fourth-order valence-corrected chi connectivity index (χ4v) is 2.55. The van der Waals surface area contributed by atoms with E-state index in [4.69, 9.17) is 9.15 Å². The number of carbonyl (C=O) groups is 2. The third kappa shape index (κ3) is 3.29. The van der Waals surface area contributed by atoms with Gasteiger partial charge in [-0.3, -0.25) is 4.79 Å². The molecule has 1 heterocycles. The summed E-state index contributed by atoms with van der Waals surface area (Å²) in [6.45, 7) is 0. The fourth-order valence-electron chi connectivity index (χ4n) is 2.55. The van der Waals surface area contributed by atoms with Crippen LogP contribution < -0.4 is 5.32 Å². The lowest BCUT2D eigenvalue weighted by Gasteiger charge is -2.34. The first-order valence-electron chi connectivity index (χ1n) is 6.78. The Bertz CT molecular complexity index is 484. The van der Waals surface area contributed by atoms with Crippen LogP contribution in [0.3, 0.4) is 0 Å². The van der Waals surface area contributed by atoms with Crippen molar-refractivity contribution in [3.8, 4) is 0 Å². The number of carbonyl (C=O) groups excluding carboxylic acids is 2. The van der Waals surface area contributed by atoms with Crippen molar-refractivity contribution in [2.24, 2.45) is 0 Å². The second-order valence-corrected chi connectivity index (χ2v) is 4.97. The van der Waals surface area contributed by atoms with Gasteiger partial charge in [-0.15, -0.1) is 0 Å². The predicted molar refractivity (Wildman–Crippen MR) is 73.7 cm³/mol. The smallest absolute Gasteiger partial charge is 0.331 e. The number of ether oxygens (including phenoxy) is 1. The van der Waals surface area contributed by atoms with Gasteiger partial charge >= 0.3 is 5.97 Å². The van der Waals surface area contributed by atoms with Crippen molar-refractivity contribution in [3.05, 3.63) is 30.2 Å². The van der Waals surface area contributed by atoms with Gasteiger partial charge in [-0.2, -0.15) is 0 Å². The Balaban J connectivity index is 2.04. The van der Waals surface area contributed by atoms with Gasteiger partial charge in [-0.25, -0.2) is 4.79 Å². The second-order valence-electron chi connectivity index (χ2n) is 4.97. The first-order valence-corrected chi connectivity index (χ1v) is 6.78. The first kappa shape index (κ1) is 14.4. The molecule has 0 spiro atoms. The summed E-state index contributed by atoms with van der Waals surface area (Å²) < 4.78 is 9.96. The van der Waals surface area contributed by atoms with Crippen molar-refractivity contribution >= 4 is 18.0 Å². The van der Waals surface area contributed by atoms with E-state index in [-0.39, 0.29) is 11.9 Å². The summed E-state index contributed by atoms with van der Waals surface area (Å²) in [4.78, 5) is 24.0. The van der Waals surface area contributed by atoms with E-state index in [1.54, 1.807) is 18.2 Å². The minimum absolute atomic E-state index is 0.311. The Morgan fingerprint density at radius 3 is 2.70 bits per heavy atom. The molecule has 1 aromatic heterocycles. The monoisotopic (exact) mass is 277 g/mol. The molecule has 1 amide bonds. The SMILES string of the molecule is COC(=O)C1(NC(=O)/C=C/c2ccco2)CCCCC1. The van der Waals surface area contributed by atoms with Gasteiger partial charge in [0.15, 0.2) is 0 Å². The van der Waals surface area contributed by atoms with Crippen LogP contribution in [0.4, 0.5) is 0 Å². The Kier molecular flexibility index (Phi) is 4.61. The molecule has 0 aromatic carbocycles. The van der Waals surface area contributed by atoms with Crippen LogP contribution in [0.2, 0.25) is 0 Å². The summed E-state index contributed by atoms with van der Waals surface area (Å²) in [7, 11) is 1.35. The highest BCUT2D eigenvalue weighted by Crippen LogP contribution is 2.29. The lowest BCUT2D eigenvalue weighted by atomic mass is 9.81. The lowest BCUT2D eigenvalue weighted by molar-refractivity contribution is -0.152. The summed E-state index contributed by atoms with van der Waals surface area (Å²) in [5.74, 6) is -0.0819. The molecule has 108 valence electrons. The summed E-state index contributed by atoms with van der Waals surface area (Å²) in [5.41, 5.74) is -0.877. The minimum Gasteiger partial charge on any atom is -0.467 e. The molecule has 1 aliphatic carbocycles. The number of amides is 1. The number of hydrogen-bond donors (Lipinski definition) is 1. The number of esters is 1. The molecule has 5 nitrogen and oxygen atoms in total. The molecule has 1 saturated carbocycles. The van der Waals surface area contributed by atoms with Crippen molar-refractivity contribution in [1.82, 2.24) is 5.32 Å². The highest BCUT2D eigenvalue weighted by Gasteiger charge is 2.41. The van der Waals surface area contributed by atoms with Crippen molar-refractivity contribution in [1.29, 1.82) is 0 Å². The highest BCUT2D eigenvalue weighted by molar-refractivity contribution is 5.96. The standard InChI is InChI=1S/C15H19NO4/c1-19-14(18)15(9-3-2-4-10-15)16-13(17)8-7-12-6-5-11-20-12/h5-8,11H,2-4,9-10H2,1H3,(H,16,17)/b8-7+. The van der Waals surface area contributed by atoms with E-state index in [0.717, 1.165) is 19.3 Å². The normalized spacial score (nSPS) is 17.9. The average Bonchev–Trinajstić information content (AvgIpc) is 2.98. The Morgan fingerprint density at radius 1 is 1.35 bits per heavy atom. The Hall–Kier alpha value is -2.04. The maximum Gasteiger partial charge on any atom is 0.331 e. The van der Waals surface area contributed by atoms with E-state index in [1.165, 1.54) is 19.4 Å². The van der Waals surface area contributed by atoms with Crippen LogP contribution in [-0.2, 0) is 14.3 Å². The Morgan fingerprint density at radius 2 is 2.10 bits per heavy atom. The summed E-state index contributed by atoms with van der Waals surface area (Å²) in [6, 6.07) is 3.50. The molecule has 0 saturated heterocycles. The number of rotatable bonds is 4. The van der Waals surface area contributed by atoms with Crippen LogP contribution in [0.1, 0.15) is 37.9 Å². The van der Waals surface area contributed by atoms with Crippen LogP contribution in [0, 0.1) is 0 Å². The topological polar surface area (TPSA) is 68.5 Å². The maximum atomic E-state index is 12.0. The van der Waals surface area contributed by atoms with E-state index in [0.29, 0.717) is 18.6 Å². The maximum absolute atomic E-state index is 12.0. The second kappa shape index (κ2) is 6.41. The van der Waals surface area contributed by atoms with Crippen LogP contribution >= 0.6 is 0 Å². The van der Waals surface area contributed by atoms with Crippen molar-refractivity contribution in [3.63, 3.8) is 0 Å². The van der Waals surface area contributed by atoms with Gasteiger partial charge in [-0.1, -0.05) is 19.3 Å². The van der Waals surface area contributed by atoms with Gasteiger partial charge in [0.05, 0.1) is 13.4 Å². The molecule has 0 aliphatic heterocycles. The molecule has 1 aliphatic rings. The molecule has 2 rings (SSSR count). The fraction of sp³-hybridized carbons (Fsp3) is 0.467. The molecular weight excluding hydrogens is 258 g/mol. The van der Waals surface area contributed by atoms with Crippen LogP contribution in [0.15, 0.2) is 28.9 Å². The van der Waals surface area contributed by atoms with Crippen LogP contribution in [0.5, 0.6) is 0 Å². The third-order valence-electron chi connectivity index (χ3n) is 3.59. The van der Waals surface area contributed by atoms with Crippen molar-refractivity contribution in [2.45, 2.75) is 37.6 Å². The molecule has 0 bridgehead atoms. The van der Waals surface area contributed by atoms with Gasteiger partial charge in [0.2, 0.25) is 5.91 Å². The highest BCUT2D eigenvalue weighted by atomic mass is 16.5. The van der Waals surface area contributed by atoms with Crippen molar-refractivity contribution in [2.75, 3.05) is 7.11 Å². The van der Waals surface area contributed by atoms with E-state index < -0.39 is 5.54 Å². The molecule has 20 heavy (non-hydrogen) atoms. The zero-order chi connectivity index (χ0) is 14.4. The molecule has 1 fully saturated rings. The van der Waals surface area contributed by atoms with Gasteiger partial charge in [-0.05, 0) is 31.1 Å². The quantitative estimate of drug-likeness (QED) is 0.677. The number of nitrogens with one attached hydrogen (secondary N) is 1. The van der Waals surface area contributed by atoms with Crippen LogP contribution in [-0.4, -0.2) is 24.5 Å². The lowest BCUT2D eigenvalue weighted by Crippen LogP contribution is -2.55. The Labute approximate surface area is 118 Å². The average molecular weight is 277 g/mol. The zero-order valence-electron chi connectivity index (χ0n) is 11.6. The minimum atomic E-state index is -0.877. The van der Waals surface area contributed by atoms with Gasteiger partial charge in [0.1, 0.15) is 11.3 Å². The number of methoxy groups -OCH3 is 1. The van der Waals surface area contributed by atoms with Crippen molar-refractivity contribution < 1.29 is 18.7 Å². The third-order valence-corrected chi connectivity index (χ3v) is 3.59. The first-order chi connectivity index (χ1) is 9.66. The van der Waals surface area contributed by atoms with E-state index in [9.17, 15) is 9.59 Å². The molecule has 1 N–H and O–H groups in total. The molecule has 5 heteroatoms. The van der Waals surface area contributed by atoms with Crippen LogP contribution in [0.25, 0.3) is 6.08 Å². The molecule has 0 radical (unpaired) electrons. The van der Waals surface area contributed by atoms with E-state index in [2.05, 4.69) is 5.32 Å². The number of furan rings is 1. The van der Waals surface area contributed by atoms with E-state index >= 15 is 0 Å². The number of hydrogen-bond acceptors (Lipinski definition) is 4. The summed E-state index contributed by atoms with van der Waals surface area (Å²) >= 11 is 0. The van der Waals surface area contributed by atoms with Gasteiger partial charge in [0, 0.05) is 6.08 Å². The molecule has 0 unspecified atom stereocenters. The van der Waals surface area contributed by atoms with E-state index in [1.807, 2.05) is 0 Å². The molecular formula is C15H19NO4. The summed E-state index contributed by atoms with van der Waals surface area (Å²) in [5, 5.41) is 2.80. The zero-order valence-corrected chi connectivity index (χ0v) is 11.6. The molecule has 0 atom stereocenters. The summed E-state index contributed by atoms with van der Waals surface area (Å²) in [6.07, 6.45) is 8.64. The van der Waals surface area contributed by atoms with Gasteiger partial charge < -0.3 is 14.5 Å².